The molecule has 0 spiro atoms. The Morgan fingerprint density at radius 2 is 1.86 bits per heavy atom. The van der Waals surface area contributed by atoms with E-state index in [0.717, 1.165) is 43.2 Å². The predicted octanol–water partition coefficient (Wildman–Crippen LogP) is 6.88. The molecule has 0 bridgehead atoms. The number of halogens is 2. The van der Waals surface area contributed by atoms with Crippen molar-refractivity contribution in [3.8, 4) is 17.0 Å². The van der Waals surface area contributed by atoms with Gasteiger partial charge in [-0.15, -0.1) is 5.10 Å². The fraction of sp³-hybridized carbons (Fsp3) is 0.517. The van der Waals surface area contributed by atoms with Crippen molar-refractivity contribution in [2.75, 3.05) is 0 Å². The van der Waals surface area contributed by atoms with E-state index in [4.69, 9.17) is 0 Å². The average Bonchev–Trinajstić information content (AvgIpc) is 3.43. The standard InChI is InChI=1S/C29H33F2N3O/c1-29-10-8-18(3-2-12-34-17-27(32-33-34)20-13-21(30)16-22(31)14-20)28(29)26-6-4-19-15-23(35)5-7-24(19)25(26)9-11-29/h5,7,13-18,25-26,28,35H,2-4,6,8-12H2,1H3/t18-,25-,26-,28+,29+/m1/s1. The Bertz CT molecular complexity index is 1220. The number of fused-ring (bicyclic) bond motifs is 5. The molecule has 2 fully saturated rings. The van der Waals surface area contributed by atoms with Gasteiger partial charge in [0.25, 0.3) is 0 Å². The van der Waals surface area contributed by atoms with Crippen molar-refractivity contribution >= 4 is 0 Å². The van der Waals surface area contributed by atoms with Gasteiger partial charge in [0.2, 0.25) is 0 Å². The van der Waals surface area contributed by atoms with E-state index < -0.39 is 11.6 Å². The van der Waals surface area contributed by atoms with Crippen molar-refractivity contribution in [2.45, 2.75) is 70.8 Å². The summed E-state index contributed by atoms with van der Waals surface area (Å²) in [6.07, 6.45) is 11.5. The number of phenolic OH excluding ortho intramolecular Hbond substituents is 1. The molecule has 3 aromatic rings. The predicted molar refractivity (Wildman–Crippen MR) is 131 cm³/mol. The molecular formula is C29H33F2N3O. The maximum Gasteiger partial charge on any atom is 0.126 e. The van der Waals surface area contributed by atoms with E-state index in [9.17, 15) is 13.9 Å². The van der Waals surface area contributed by atoms with Crippen molar-refractivity contribution < 1.29 is 13.9 Å². The summed E-state index contributed by atoms with van der Waals surface area (Å²) >= 11 is 0. The molecule has 35 heavy (non-hydrogen) atoms. The summed E-state index contributed by atoms with van der Waals surface area (Å²) in [6.45, 7) is 3.29. The first-order valence-corrected chi connectivity index (χ1v) is 13.1. The lowest BCUT2D eigenvalue weighted by molar-refractivity contribution is 0.0317. The molecule has 1 N–H and O–H groups in total. The van der Waals surface area contributed by atoms with Crippen LogP contribution in [-0.2, 0) is 13.0 Å². The van der Waals surface area contributed by atoms with Gasteiger partial charge < -0.3 is 5.11 Å². The van der Waals surface area contributed by atoms with Crippen LogP contribution in [0.15, 0.2) is 42.6 Å². The molecule has 0 aliphatic heterocycles. The highest BCUT2D eigenvalue weighted by Gasteiger charge is 2.53. The monoisotopic (exact) mass is 477 g/mol. The van der Waals surface area contributed by atoms with Gasteiger partial charge >= 0.3 is 0 Å². The Morgan fingerprint density at radius 3 is 2.69 bits per heavy atom. The first-order chi connectivity index (χ1) is 16.9. The van der Waals surface area contributed by atoms with Gasteiger partial charge in [-0.2, -0.15) is 0 Å². The van der Waals surface area contributed by atoms with Crippen LogP contribution in [0.25, 0.3) is 11.3 Å². The summed E-state index contributed by atoms with van der Waals surface area (Å²) in [5.41, 5.74) is 4.20. The highest BCUT2D eigenvalue weighted by molar-refractivity contribution is 5.57. The highest BCUT2D eigenvalue weighted by Crippen LogP contribution is 2.63. The largest absolute Gasteiger partial charge is 0.508 e. The lowest BCUT2D eigenvalue weighted by Crippen LogP contribution is -2.42. The Kier molecular flexibility index (Phi) is 5.65. The number of aromatic nitrogens is 3. The molecule has 4 nitrogen and oxygen atoms in total. The first-order valence-electron chi connectivity index (χ1n) is 13.1. The molecule has 0 radical (unpaired) electrons. The Hall–Kier alpha value is -2.76. The third kappa shape index (κ3) is 4.15. The highest BCUT2D eigenvalue weighted by atomic mass is 19.1. The van der Waals surface area contributed by atoms with Crippen molar-refractivity contribution in [1.29, 1.82) is 0 Å². The van der Waals surface area contributed by atoms with Gasteiger partial charge in [0, 0.05) is 18.2 Å². The molecule has 3 aliphatic rings. The molecule has 0 amide bonds. The summed E-state index contributed by atoms with van der Waals surface area (Å²) in [4.78, 5) is 0. The molecule has 2 aromatic carbocycles. The van der Waals surface area contributed by atoms with Gasteiger partial charge in [0.15, 0.2) is 0 Å². The molecule has 0 unspecified atom stereocenters. The number of rotatable bonds is 5. The maximum absolute atomic E-state index is 13.6. The van der Waals surface area contributed by atoms with Crippen LogP contribution in [0.5, 0.6) is 5.75 Å². The summed E-state index contributed by atoms with van der Waals surface area (Å²) < 4.78 is 29.0. The van der Waals surface area contributed by atoms with Crippen molar-refractivity contribution in [2.24, 2.45) is 23.2 Å². The Labute approximate surface area is 205 Å². The number of benzene rings is 2. The Balaban J connectivity index is 1.13. The topological polar surface area (TPSA) is 50.9 Å². The van der Waals surface area contributed by atoms with Gasteiger partial charge in [-0.25, -0.2) is 8.78 Å². The molecule has 0 saturated heterocycles. The van der Waals surface area contributed by atoms with Crippen LogP contribution >= 0.6 is 0 Å². The minimum Gasteiger partial charge on any atom is -0.508 e. The number of hydrogen-bond acceptors (Lipinski definition) is 3. The van der Waals surface area contributed by atoms with Crippen molar-refractivity contribution in [1.82, 2.24) is 15.0 Å². The quantitative estimate of drug-likeness (QED) is 0.436. The van der Waals surface area contributed by atoms with Crippen LogP contribution in [-0.4, -0.2) is 20.1 Å². The van der Waals surface area contributed by atoms with Crippen LogP contribution in [0.3, 0.4) is 0 Å². The second-order valence-corrected chi connectivity index (χ2v) is 11.4. The minimum atomic E-state index is -0.605. The second kappa shape index (κ2) is 8.72. The van der Waals surface area contributed by atoms with E-state index in [1.165, 1.54) is 61.8 Å². The van der Waals surface area contributed by atoms with Gasteiger partial charge in [-0.1, -0.05) is 18.2 Å². The molecule has 2 saturated carbocycles. The lowest BCUT2D eigenvalue weighted by Gasteiger charge is -2.51. The summed E-state index contributed by atoms with van der Waals surface area (Å²) in [5, 5.41) is 18.3. The van der Waals surface area contributed by atoms with Gasteiger partial charge in [-0.3, -0.25) is 4.68 Å². The van der Waals surface area contributed by atoms with Crippen LogP contribution < -0.4 is 0 Å². The van der Waals surface area contributed by atoms with Crippen LogP contribution in [0.1, 0.15) is 68.9 Å². The molecule has 6 rings (SSSR count). The van der Waals surface area contributed by atoms with Crippen LogP contribution in [0.2, 0.25) is 0 Å². The number of hydrogen-bond donors (Lipinski definition) is 1. The van der Waals surface area contributed by atoms with Gasteiger partial charge in [0.05, 0.1) is 6.20 Å². The minimum absolute atomic E-state index is 0.389. The third-order valence-corrected chi connectivity index (χ3v) is 9.34. The third-order valence-electron chi connectivity index (χ3n) is 9.34. The van der Waals surface area contributed by atoms with E-state index in [1.54, 1.807) is 10.9 Å². The van der Waals surface area contributed by atoms with E-state index >= 15 is 0 Å². The molecule has 184 valence electrons. The van der Waals surface area contributed by atoms with Crippen molar-refractivity contribution in [3.63, 3.8) is 0 Å². The SMILES string of the molecule is C[C@@]12CC[C@@H](CCCn3cc(-c4cc(F)cc(F)c4)nn3)[C@H]1[C@@H]1CCc3cc(O)ccc3[C@H]1CC2. The normalized spacial score (nSPS) is 29.5. The molecule has 1 heterocycles. The average molecular weight is 478 g/mol. The fourth-order valence-corrected chi connectivity index (χ4v) is 7.88. The number of nitrogens with zero attached hydrogens (tertiary/aromatic N) is 3. The molecule has 1 aromatic heterocycles. The Morgan fingerprint density at radius 1 is 1.06 bits per heavy atom. The summed E-state index contributed by atoms with van der Waals surface area (Å²) in [7, 11) is 0. The zero-order valence-electron chi connectivity index (χ0n) is 20.3. The number of aryl methyl sites for hydroxylation is 2. The molecule has 3 aliphatic carbocycles. The molecule has 6 heteroatoms. The first kappa shape index (κ1) is 22.7. The van der Waals surface area contributed by atoms with Gasteiger partial charge in [-0.05, 0) is 116 Å². The fourth-order valence-electron chi connectivity index (χ4n) is 7.88. The van der Waals surface area contributed by atoms with E-state index in [1.807, 2.05) is 12.1 Å². The smallest absolute Gasteiger partial charge is 0.126 e. The van der Waals surface area contributed by atoms with Crippen LogP contribution in [0.4, 0.5) is 8.78 Å². The van der Waals surface area contributed by atoms with E-state index in [2.05, 4.69) is 23.3 Å². The zero-order valence-corrected chi connectivity index (χ0v) is 20.3. The molecular weight excluding hydrogens is 444 g/mol. The maximum atomic E-state index is 13.6. The summed E-state index contributed by atoms with van der Waals surface area (Å²) in [6, 6.07) is 9.48. The lowest BCUT2D eigenvalue weighted by atomic mass is 9.54. The van der Waals surface area contributed by atoms with Crippen LogP contribution in [0, 0.1) is 34.8 Å². The zero-order chi connectivity index (χ0) is 24.2. The van der Waals surface area contributed by atoms with E-state index in [-0.39, 0.29) is 0 Å². The van der Waals surface area contributed by atoms with Gasteiger partial charge in [0.1, 0.15) is 23.1 Å². The summed E-state index contributed by atoms with van der Waals surface area (Å²) in [5.74, 6) is 2.03. The number of phenols is 1. The second-order valence-electron chi connectivity index (χ2n) is 11.4. The molecule has 5 atom stereocenters. The van der Waals surface area contributed by atoms with E-state index in [0.29, 0.717) is 28.3 Å². The van der Waals surface area contributed by atoms with Crippen molar-refractivity contribution in [3.05, 3.63) is 65.4 Å². The number of aromatic hydroxyl groups is 1.